The molecule has 2 aromatic rings. The fraction of sp³-hybridized carbons (Fsp3) is 0.0909. The lowest BCUT2D eigenvalue weighted by Gasteiger charge is -2.08. The van der Waals surface area contributed by atoms with Crippen LogP contribution in [0.1, 0.15) is 0 Å². The summed E-state index contributed by atoms with van der Waals surface area (Å²) < 4.78 is 11.4. The SMILES string of the molecule is COc1ccc(Oc2cc(N)nc(N)n2)c(Br)c1. The Morgan fingerprint density at radius 2 is 1.94 bits per heavy atom. The van der Waals surface area contributed by atoms with Crippen molar-refractivity contribution in [2.24, 2.45) is 0 Å². The molecule has 1 heterocycles. The molecule has 0 spiro atoms. The summed E-state index contributed by atoms with van der Waals surface area (Å²) in [6, 6.07) is 6.79. The lowest BCUT2D eigenvalue weighted by atomic mass is 10.3. The topological polar surface area (TPSA) is 96.3 Å². The fourth-order valence-electron chi connectivity index (χ4n) is 1.32. The molecular weight excluding hydrogens is 300 g/mol. The molecule has 94 valence electrons. The maximum atomic E-state index is 5.56. The molecule has 7 heteroatoms. The van der Waals surface area contributed by atoms with Crippen molar-refractivity contribution in [2.75, 3.05) is 18.6 Å². The maximum absolute atomic E-state index is 5.56. The van der Waals surface area contributed by atoms with Crippen molar-refractivity contribution in [2.45, 2.75) is 0 Å². The van der Waals surface area contributed by atoms with Gasteiger partial charge >= 0.3 is 0 Å². The first-order chi connectivity index (χ1) is 8.58. The number of anilines is 2. The quantitative estimate of drug-likeness (QED) is 0.902. The van der Waals surface area contributed by atoms with E-state index in [2.05, 4.69) is 25.9 Å². The minimum absolute atomic E-state index is 0.0645. The van der Waals surface area contributed by atoms with Gasteiger partial charge in [-0.3, -0.25) is 0 Å². The van der Waals surface area contributed by atoms with Crippen LogP contribution in [0.5, 0.6) is 17.4 Å². The molecule has 0 saturated carbocycles. The Balaban J connectivity index is 2.28. The van der Waals surface area contributed by atoms with E-state index in [0.29, 0.717) is 5.75 Å². The number of halogens is 1. The highest BCUT2D eigenvalue weighted by atomic mass is 79.9. The number of aromatic nitrogens is 2. The predicted molar refractivity (Wildman–Crippen MR) is 71.6 cm³/mol. The van der Waals surface area contributed by atoms with Gasteiger partial charge in [0.05, 0.1) is 11.6 Å². The molecule has 0 amide bonds. The normalized spacial score (nSPS) is 10.1. The second kappa shape index (κ2) is 5.09. The summed E-state index contributed by atoms with van der Waals surface area (Å²) in [7, 11) is 1.59. The minimum Gasteiger partial charge on any atom is -0.497 e. The Labute approximate surface area is 112 Å². The third-order valence-corrected chi connectivity index (χ3v) is 2.71. The largest absolute Gasteiger partial charge is 0.497 e. The van der Waals surface area contributed by atoms with Crippen molar-refractivity contribution in [3.63, 3.8) is 0 Å². The van der Waals surface area contributed by atoms with Gasteiger partial charge in [0.15, 0.2) is 0 Å². The number of hydrogen-bond donors (Lipinski definition) is 2. The lowest BCUT2D eigenvalue weighted by Crippen LogP contribution is -2.01. The van der Waals surface area contributed by atoms with Crippen LogP contribution in [0, 0.1) is 0 Å². The average Bonchev–Trinajstić information content (AvgIpc) is 2.30. The van der Waals surface area contributed by atoms with Crippen LogP contribution in [-0.4, -0.2) is 17.1 Å². The third-order valence-electron chi connectivity index (χ3n) is 2.09. The van der Waals surface area contributed by atoms with Gasteiger partial charge in [-0.25, -0.2) is 0 Å². The molecule has 0 saturated heterocycles. The monoisotopic (exact) mass is 310 g/mol. The summed E-state index contributed by atoms with van der Waals surface area (Å²) in [6.07, 6.45) is 0. The molecule has 1 aromatic heterocycles. The van der Waals surface area contributed by atoms with Gasteiger partial charge in [-0.15, -0.1) is 0 Å². The van der Waals surface area contributed by atoms with Gasteiger partial charge in [0.2, 0.25) is 11.8 Å². The van der Waals surface area contributed by atoms with Crippen molar-refractivity contribution >= 4 is 27.7 Å². The van der Waals surface area contributed by atoms with Gasteiger partial charge in [-0.2, -0.15) is 9.97 Å². The Kier molecular flexibility index (Phi) is 3.52. The van der Waals surface area contributed by atoms with Crippen molar-refractivity contribution in [3.8, 4) is 17.4 Å². The highest BCUT2D eigenvalue weighted by molar-refractivity contribution is 9.10. The molecule has 0 aliphatic carbocycles. The van der Waals surface area contributed by atoms with Crippen molar-refractivity contribution < 1.29 is 9.47 Å². The minimum atomic E-state index is 0.0645. The molecule has 0 bridgehead atoms. The lowest BCUT2D eigenvalue weighted by molar-refractivity contribution is 0.411. The Morgan fingerprint density at radius 3 is 2.56 bits per heavy atom. The van der Waals surface area contributed by atoms with Crippen LogP contribution in [0.25, 0.3) is 0 Å². The summed E-state index contributed by atoms with van der Waals surface area (Å²) >= 11 is 3.37. The summed E-state index contributed by atoms with van der Waals surface area (Å²) in [5.41, 5.74) is 11.0. The second-order valence-corrected chi connectivity index (χ2v) is 4.24. The fourth-order valence-corrected chi connectivity index (χ4v) is 1.76. The number of methoxy groups -OCH3 is 1. The number of nitrogen functional groups attached to an aromatic ring is 2. The van der Waals surface area contributed by atoms with Crippen LogP contribution in [0.2, 0.25) is 0 Å². The zero-order chi connectivity index (χ0) is 13.1. The van der Waals surface area contributed by atoms with Gasteiger partial charge in [0.1, 0.15) is 17.3 Å². The molecule has 18 heavy (non-hydrogen) atoms. The number of rotatable bonds is 3. The van der Waals surface area contributed by atoms with E-state index in [1.807, 2.05) is 0 Å². The Morgan fingerprint density at radius 1 is 1.17 bits per heavy atom. The van der Waals surface area contributed by atoms with Crippen LogP contribution < -0.4 is 20.9 Å². The first kappa shape index (κ1) is 12.4. The van der Waals surface area contributed by atoms with Crippen LogP contribution in [0.4, 0.5) is 11.8 Å². The van der Waals surface area contributed by atoms with Crippen molar-refractivity contribution in [1.82, 2.24) is 9.97 Å². The number of nitrogens with zero attached hydrogens (tertiary/aromatic N) is 2. The number of hydrogen-bond acceptors (Lipinski definition) is 6. The smallest absolute Gasteiger partial charge is 0.226 e. The Bertz CT molecular complexity index is 557. The molecule has 0 radical (unpaired) electrons. The van der Waals surface area contributed by atoms with Gasteiger partial charge in [-0.1, -0.05) is 0 Å². The standard InChI is InChI=1S/C11H11BrN4O2/c1-17-6-2-3-8(7(12)4-6)18-10-5-9(13)15-11(14)16-10/h2-5H,1H3,(H4,13,14,15,16). The van der Waals surface area contributed by atoms with Crippen LogP contribution in [-0.2, 0) is 0 Å². The van der Waals surface area contributed by atoms with E-state index >= 15 is 0 Å². The first-order valence-electron chi connectivity index (χ1n) is 5.00. The molecule has 4 N–H and O–H groups in total. The zero-order valence-electron chi connectivity index (χ0n) is 9.55. The van der Waals surface area contributed by atoms with E-state index in [0.717, 1.165) is 10.2 Å². The summed E-state index contributed by atoms with van der Waals surface area (Å²) in [5.74, 6) is 1.90. The molecule has 2 rings (SSSR count). The molecule has 0 unspecified atom stereocenters. The second-order valence-electron chi connectivity index (χ2n) is 3.39. The molecule has 6 nitrogen and oxygen atoms in total. The van der Waals surface area contributed by atoms with Crippen molar-refractivity contribution in [1.29, 1.82) is 0 Å². The maximum Gasteiger partial charge on any atom is 0.226 e. The van der Waals surface area contributed by atoms with E-state index < -0.39 is 0 Å². The average molecular weight is 311 g/mol. The molecule has 0 atom stereocenters. The molecule has 0 aliphatic rings. The van der Waals surface area contributed by atoms with Gasteiger partial charge in [0.25, 0.3) is 0 Å². The summed E-state index contributed by atoms with van der Waals surface area (Å²) in [4.78, 5) is 7.68. The van der Waals surface area contributed by atoms with Crippen LogP contribution in [0.15, 0.2) is 28.7 Å². The van der Waals surface area contributed by atoms with E-state index in [1.54, 1.807) is 25.3 Å². The molecular formula is C11H11BrN4O2. The molecule has 0 fully saturated rings. The predicted octanol–water partition coefficient (Wildman–Crippen LogP) is 2.20. The van der Waals surface area contributed by atoms with Crippen molar-refractivity contribution in [3.05, 3.63) is 28.7 Å². The van der Waals surface area contributed by atoms with E-state index in [9.17, 15) is 0 Å². The van der Waals surface area contributed by atoms with Gasteiger partial charge in [-0.05, 0) is 34.1 Å². The van der Waals surface area contributed by atoms with E-state index in [4.69, 9.17) is 20.9 Å². The summed E-state index contributed by atoms with van der Waals surface area (Å²) in [5, 5.41) is 0. The van der Waals surface area contributed by atoms with Gasteiger partial charge < -0.3 is 20.9 Å². The van der Waals surface area contributed by atoms with Crippen LogP contribution >= 0.6 is 15.9 Å². The number of benzene rings is 1. The van der Waals surface area contributed by atoms with Gasteiger partial charge in [0, 0.05) is 6.07 Å². The summed E-state index contributed by atoms with van der Waals surface area (Å²) in [6.45, 7) is 0. The number of ether oxygens (including phenoxy) is 2. The van der Waals surface area contributed by atoms with Crippen LogP contribution in [0.3, 0.4) is 0 Å². The van der Waals surface area contributed by atoms with E-state index in [-0.39, 0.29) is 17.6 Å². The first-order valence-corrected chi connectivity index (χ1v) is 5.79. The Hall–Kier alpha value is -2.02. The zero-order valence-corrected chi connectivity index (χ0v) is 11.1. The third kappa shape index (κ3) is 2.80. The number of nitrogens with two attached hydrogens (primary N) is 2. The highest BCUT2D eigenvalue weighted by Crippen LogP contribution is 2.32. The molecule has 1 aromatic carbocycles. The highest BCUT2D eigenvalue weighted by Gasteiger charge is 2.07. The van der Waals surface area contributed by atoms with E-state index in [1.165, 1.54) is 6.07 Å². The molecule has 0 aliphatic heterocycles.